The highest BCUT2D eigenvalue weighted by atomic mass is 19.1. The minimum Gasteiger partial charge on any atom is -0.358 e. The number of nitrogens with one attached hydrogen (secondary N) is 2. The Morgan fingerprint density at radius 2 is 2.04 bits per heavy atom. The lowest BCUT2D eigenvalue weighted by atomic mass is 10.0. The molecule has 128 valence electrons. The van der Waals surface area contributed by atoms with Crippen LogP contribution in [0.5, 0.6) is 0 Å². The fourth-order valence-electron chi connectivity index (χ4n) is 3.46. The largest absolute Gasteiger partial charge is 0.358 e. The fraction of sp³-hybridized carbons (Fsp3) is 0.211. The van der Waals surface area contributed by atoms with Crippen LogP contribution in [0.15, 0.2) is 42.5 Å². The summed E-state index contributed by atoms with van der Waals surface area (Å²) in [6.07, 6.45) is 0.899. The number of halogens is 1. The number of aromatic nitrogens is 1. The maximum Gasteiger partial charge on any atom is 0.274 e. The maximum absolute atomic E-state index is 13.6. The van der Waals surface area contributed by atoms with E-state index in [1.54, 1.807) is 29.7 Å². The normalized spacial score (nSPS) is 14.5. The molecule has 1 amide bonds. The van der Waals surface area contributed by atoms with Crippen LogP contribution in [0.25, 0.3) is 10.9 Å². The number of benzene rings is 2. The Morgan fingerprint density at radius 3 is 2.80 bits per heavy atom. The van der Waals surface area contributed by atoms with E-state index >= 15 is 0 Å². The van der Waals surface area contributed by atoms with Crippen molar-refractivity contribution in [3.63, 3.8) is 0 Å². The number of nitrogens with zero attached hydrogens (tertiary/aromatic N) is 1. The number of rotatable bonds is 3. The summed E-state index contributed by atoms with van der Waals surface area (Å²) in [4.78, 5) is 17.1. The first-order valence-corrected chi connectivity index (χ1v) is 8.19. The molecule has 0 radical (unpaired) electrons. The van der Waals surface area contributed by atoms with Gasteiger partial charge < -0.3 is 4.98 Å². The molecule has 1 aliphatic rings. The van der Waals surface area contributed by atoms with Crippen LogP contribution in [0.4, 0.5) is 4.39 Å². The Balaban J connectivity index is 1.53. The molecule has 0 aliphatic carbocycles. The number of fused-ring (bicyclic) bond motifs is 3. The average molecular weight is 339 g/mol. The molecule has 0 unspecified atom stereocenters. The van der Waals surface area contributed by atoms with Crippen molar-refractivity contribution < 1.29 is 14.4 Å². The van der Waals surface area contributed by atoms with E-state index in [1.165, 1.54) is 11.8 Å². The molecule has 1 aliphatic heterocycles. The van der Waals surface area contributed by atoms with Gasteiger partial charge in [0.05, 0.1) is 0 Å². The second-order valence-electron chi connectivity index (χ2n) is 6.37. The third kappa shape index (κ3) is 3.01. The van der Waals surface area contributed by atoms with Gasteiger partial charge in [-0.1, -0.05) is 12.1 Å². The van der Waals surface area contributed by atoms with Gasteiger partial charge in [-0.25, -0.2) is 9.87 Å². The van der Waals surface area contributed by atoms with Crippen LogP contribution in [0, 0.1) is 5.82 Å². The van der Waals surface area contributed by atoms with E-state index in [4.69, 9.17) is 5.21 Å². The summed E-state index contributed by atoms with van der Waals surface area (Å²) in [5.74, 6) is -0.737. The molecule has 6 heteroatoms. The van der Waals surface area contributed by atoms with Crippen molar-refractivity contribution >= 4 is 16.8 Å². The fourth-order valence-corrected chi connectivity index (χ4v) is 3.46. The van der Waals surface area contributed by atoms with Crippen LogP contribution >= 0.6 is 0 Å². The number of hydroxylamine groups is 1. The first-order chi connectivity index (χ1) is 12.1. The second-order valence-corrected chi connectivity index (χ2v) is 6.37. The lowest BCUT2D eigenvalue weighted by Crippen LogP contribution is -2.29. The molecule has 2 aromatic carbocycles. The van der Waals surface area contributed by atoms with Crippen molar-refractivity contribution in [2.24, 2.45) is 0 Å². The molecule has 25 heavy (non-hydrogen) atoms. The molecule has 4 rings (SSSR count). The SMILES string of the molecule is O=C(NO)c1ccc(CN2CCc3[nH]c4ccc(F)cc4c3C2)cc1. The van der Waals surface area contributed by atoms with E-state index in [9.17, 15) is 9.18 Å². The molecule has 1 aromatic heterocycles. The van der Waals surface area contributed by atoms with Crippen molar-refractivity contribution in [3.05, 3.63) is 70.7 Å². The third-order valence-corrected chi connectivity index (χ3v) is 4.74. The molecule has 0 atom stereocenters. The zero-order valence-electron chi connectivity index (χ0n) is 13.6. The van der Waals surface area contributed by atoms with Gasteiger partial charge in [-0.3, -0.25) is 14.9 Å². The quantitative estimate of drug-likeness (QED) is 0.508. The zero-order chi connectivity index (χ0) is 17.4. The van der Waals surface area contributed by atoms with Gasteiger partial charge in [-0.05, 0) is 41.5 Å². The van der Waals surface area contributed by atoms with Gasteiger partial charge in [0.25, 0.3) is 5.91 Å². The van der Waals surface area contributed by atoms with Gasteiger partial charge in [-0.2, -0.15) is 0 Å². The van der Waals surface area contributed by atoms with Crippen molar-refractivity contribution in [2.75, 3.05) is 6.54 Å². The average Bonchev–Trinajstić information content (AvgIpc) is 2.99. The van der Waals surface area contributed by atoms with E-state index < -0.39 is 5.91 Å². The Bertz CT molecular complexity index is 934. The molecule has 0 saturated carbocycles. The van der Waals surface area contributed by atoms with Crippen LogP contribution in [0.2, 0.25) is 0 Å². The van der Waals surface area contributed by atoms with Crippen molar-refractivity contribution in [1.29, 1.82) is 0 Å². The summed E-state index contributed by atoms with van der Waals surface area (Å²) in [6.45, 7) is 2.43. The van der Waals surface area contributed by atoms with E-state index in [2.05, 4.69) is 9.88 Å². The molecule has 0 bridgehead atoms. The lowest BCUT2D eigenvalue weighted by molar-refractivity contribution is 0.0706. The van der Waals surface area contributed by atoms with Gasteiger partial charge in [0.1, 0.15) is 5.82 Å². The molecule has 3 aromatic rings. The number of carbonyl (C=O) groups is 1. The maximum atomic E-state index is 13.6. The monoisotopic (exact) mass is 339 g/mol. The number of amides is 1. The van der Waals surface area contributed by atoms with Gasteiger partial charge >= 0.3 is 0 Å². The topological polar surface area (TPSA) is 68.4 Å². The van der Waals surface area contributed by atoms with Crippen molar-refractivity contribution in [3.8, 4) is 0 Å². The van der Waals surface area contributed by atoms with Crippen LogP contribution < -0.4 is 5.48 Å². The zero-order valence-corrected chi connectivity index (χ0v) is 13.6. The standard InChI is InChI=1S/C19H18FN3O2/c20-14-5-6-17-15(9-14)16-11-23(8-7-18(16)21-17)10-12-1-3-13(4-2-12)19(24)22-25/h1-6,9,21,25H,7-8,10-11H2,(H,22,24). The molecule has 3 N–H and O–H groups in total. The highest BCUT2D eigenvalue weighted by Crippen LogP contribution is 2.29. The highest BCUT2D eigenvalue weighted by molar-refractivity contribution is 5.93. The van der Waals surface area contributed by atoms with Crippen LogP contribution in [-0.4, -0.2) is 27.5 Å². The molecule has 0 fully saturated rings. The third-order valence-electron chi connectivity index (χ3n) is 4.74. The predicted octanol–water partition coefficient (Wildman–Crippen LogP) is 2.98. The van der Waals surface area contributed by atoms with Crippen LogP contribution in [0.3, 0.4) is 0 Å². The van der Waals surface area contributed by atoms with Gasteiger partial charge in [0.2, 0.25) is 0 Å². The molecular weight excluding hydrogens is 321 g/mol. The van der Waals surface area contributed by atoms with E-state index in [0.29, 0.717) is 5.56 Å². The molecule has 5 nitrogen and oxygen atoms in total. The minimum absolute atomic E-state index is 0.218. The van der Waals surface area contributed by atoms with Crippen molar-refractivity contribution in [1.82, 2.24) is 15.4 Å². The molecule has 0 spiro atoms. The number of aromatic amines is 1. The summed E-state index contributed by atoms with van der Waals surface area (Å²) >= 11 is 0. The number of hydrogen-bond acceptors (Lipinski definition) is 3. The van der Waals surface area contributed by atoms with Gasteiger partial charge in [0.15, 0.2) is 0 Å². The summed E-state index contributed by atoms with van der Waals surface area (Å²) < 4.78 is 13.6. The number of carbonyl (C=O) groups excluding carboxylic acids is 1. The van der Waals surface area contributed by atoms with Crippen LogP contribution in [0.1, 0.15) is 27.2 Å². The summed E-state index contributed by atoms with van der Waals surface area (Å²) in [7, 11) is 0. The lowest BCUT2D eigenvalue weighted by Gasteiger charge is -2.27. The molecule has 0 saturated heterocycles. The number of H-pyrrole nitrogens is 1. The van der Waals surface area contributed by atoms with Gasteiger partial charge in [-0.15, -0.1) is 0 Å². The second kappa shape index (κ2) is 6.31. The Labute approximate surface area is 144 Å². The first kappa shape index (κ1) is 15.8. The van der Waals surface area contributed by atoms with Crippen molar-refractivity contribution in [2.45, 2.75) is 19.5 Å². The molecule has 2 heterocycles. The Morgan fingerprint density at radius 1 is 1.24 bits per heavy atom. The Kier molecular flexibility index (Phi) is 3.99. The molecular formula is C19H18FN3O2. The minimum atomic E-state index is -0.519. The summed E-state index contributed by atoms with van der Waals surface area (Å²) in [5.41, 5.74) is 6.46. The first-order valence-electron chi connectivity index (χ1n) is 8.19. The predicted molar refractivity (Wildman–Crippen MR) is 91.8 cm³/mol. The Hall–Kier alpha value is -2.70. The highest BCUT2D eigenvalue weighted by Gasteiger charge is 2.21. The summed E-state index contributed by atoms with van der Waals surface area (Å²) in [5, 5.41) is 9.61. The van der Waals surface area contributed by atoms with Crippen LogP contribution in [-0.2, 0) is 19.5 Å². The van der Waals surface area contributed by atoms with E-state index in [1.807, 2.05) is 12.1 Å². The van der Waals surface area contributed by atoms with E-state index in [0.717, 1.165) is 48.1 Å². The van der Waals surface area contributed by atoms with E-state index in [-0.39, 0.29) is 5.82 Å². The number of hydrogen-bond donors (Lipinski definition) is 3. The van der Waals surface area contributed by atoms with Gasteiger partial charge in [0, 0.05) is 48.2 Å². The summed E-state index contributed by atoms with van der Waals surface area (Å²) in [6, 6.07) is 12.0. The smallest absolute Gasteiger partial charge is 0.274 e.